The van der Waals surface area contributed by atoms with E-state index in [1.807, 2.05) is 18.2 Å². The molecule has 5 nitrogen and oxygen atoms in total. The van der Waals surface area contributed by atoms with Crippen LogP contribution in [0.2, 0.25) is 0 Å². The lowest BCUT2D eigenvalue weighted by molar-refractivity contribution is -0.123. The van der Waals surface area contributed by atoms with Crippen molar-refractivity contribution in [2.45, 2.75) is 109 Å². The Balaban J connectivity index is 1.33. The zero-order valence-corrected chi connectivity index (χ0v) is 22.2. The van der Waals surface area contributed by atoms with E-state index in [2.05, 4.69) is 39.9 Å². The number of hydrogen-bond donors (Lipinski definition) is 3. The molecule has 1 atom stereocenters. The van der Waals surface area contributed by atoms with E-state index in [0.29, 0.717) is 19.6 Å². The van der Waals surface area contributed by atoms with Crippen LogP contribution in [0.4, 0.5) is 0 Å². The highest BCUT2D eigenvalue weighted by atomic mass is 16.2. The summed E-state index contributed by atoms with van der Waals surface area (Å²) in [6, 6.07) is 14.4. The quantitative estimate of drug-likeness (QED) is 0.235. The van der Waals surface area contributed by atoms with Crippen LogP contribution in [-0.4, -0.2) is 23.5 Å². The van der Waals surface area contributed by atoms with Gasteiger partial charge in [-0.25, -0.2) is 0 Å². The van der Waals surface area contributed by atoms with E-state index >= 15 is 0 Å². The van der Waals surface area contributed by atoms with Gasteiger partial charge in [-0.05, 0) is 61.4 Å². The normalized spacial score (nSPS) is 15.0. The van der Waals surface area contributed by atoms with Crippen molar-refractivity contribution in [2.75, 3.05) is 6.54 Å². The molecule has 0 radical (unpaired) electrons. The summed E-state index contributed by atoms with van der Waals surface area (Å²) in [4.78, 5) is 17.3. The maximum Gasteiger partial charge on any atom is 0.237 e. The van der Waals surface area contributed by atoms with Crippen LogP contribution in [0, 0.1) is 5.92 Å². The van der Waals surface area contributed by atoms with E-state index in [9.17, 15) is 4.79 Å². The van der Waals surface area contributed by atoms with Gasteiger partial charge in [-0.15, -0.1) is 0 Å². The lowest BCUT2D eigenvalue weighted by Crippen LogP contribution is -2.43. The van der Waals surface area contributed by atoms with Gasteiger partial charge in [-0.2, -0.15) is 0 Å². The Morgan fingerprint density at radius 1 is 0.889 bits per heavy atom. The average Bonchev–Trinajstić information content (AvgIpc) is 2.93. The van der Waals surface area contributed by atoms with Crippen LogP contribution >= 0.6 is 0 Å². The van der Waals surface area contributed by atoms with Gasteiger partial charge in [0.05, 0.1) is 11.7 Å². The number of pyridine rings is 1. The first-order valence-electron chi connectivity index (χ1n) is 14.4. The third kappa shape index (κ3) is 11.2. The number of nitrogens with two attached hydrogens (primary N) is 1. The first kappa shape index (κ1) is 28.3. The maximum absolute atomic E-state index is 12.9. The highest BCUT2D eigenvalue weighted by molar-refractivity contribution is 5.81. The fourth-order valence-corrected chi connectivity index (χ4v) is 5.28. The van der Waals surface area contributed by atoms with E-state index in [-0.39, 0.29) is 11.9 Å². The molecule has 1 aliphatic rings. The van der Waals surface area contributed by atoms with Crippen molar-refractivity contribution in [3.63, 3.8) is 0 Å². The summed E-state index contributed by atoms with van der Waals surface area (Å²) < 4.78 is 0. The number of carbonyl (C=O) groups excluding carboxylic acids is 1. The molecule has 1 heterocycles. The molecule has 1 aromatic heterocycles. The number of nitrogens with zero attached hydrogens (tertiary/aromatic N) is 1. The molecule has 1 fully saturated rings. The molecule has 0 aliphatic heterocycles. The molecule has 2 aromatic rings. The molecule has 0 bridgehead atoms. The second-order valence-electron chi connectivity index (χ2n) is 10.5. The third-order valence-corrected chi connectivity index (χ3v) is 7.56. The smallest absolute Gasteiger partial charge is 0.237 e. The van der Waals surface area contributed by atoms with Gasteiger partial charge < -0.3 is 16.4 Å². The van der Waals surface area contributed by atoms with Gasteiger partial charge >= 0.3 is 0 Å². The average molecular weight is 493 g/mol. The predicted octanol–water partition coefficient (Wildman–Crippen LogP) is 6.06. The van der Waals surface area contributed by atoms with E-state index in [0.717, 1.165) is 42.9 Å². The molecule has 1 aliphatic carbocycles. The van der Waals surface area contributed by atoms with Crippen LogP contribution < -0.4 is 16.4 Å². The molecule has 198 valence electrons. The maximum atomic E-state index is 12.9. The molecule has 36 heavy (non-hydrogen) atoms. The lowest BCUT2D eigenvalue weighted by Gasteiger charge is -2.21. The fraction of sp³-hybridized carbons (Fsp3) is 0.613. The number of rotatable bonds is 17. The number of benzene rings is 1. The number of nitrogens with one attached hydrogen (secondary N) is 2. The van der Waals surface area contributed by atoms with Crippen LogP contribution in [0.3, 0.4) is 0 Å². The van der Waals surface area contributed by atoms with Crippen LogP contribution in [0.15, 0.2) is 48.7 Å². The van der Waals surface area contributed by atoms with Crippen LogP contribution in [-0.2, 0) is 24.3 Å². The number of carbonyl (C=O) groups is 1. The van der Waals surface area contributed by atoms with Crippen molar-refractivity contribution in [1.29, 1.82) is 0 Å². The Morgan fingerprint density at radius 2 is 1.67 bits per heavy atom. The summed E-state index contributed by atoms with van der Waals surface area (Å²) in [6.45, 7) is 1.79. The summed E-state index contributed by atoms with van der Waals surface area (Å²) in [6.07, 6.45) is 19.7. The van der Waals surface area contributed by atoms with Gasteiger partial charge in [0.1, 0.15) is 0 Å². The van der Waals surface area contributed by atoms with Crippen molar-refractivity contribution in [2.24, 2.45) is 11.7 Å². The minimum absolute atomic E-state index is 0.0419. The SMILES string of the molecule is NCCCC[C@H](NCc1ccccn1)C(=O)NCc1ccc(CCCCCCC2CCCCC2)cc1. The van der Waals surface area contributed by atoms with E-state index < -0.39 is 0 Å². The first-order valence-corrected chi connectivity index (χ1v) is 14.4. The Bertz CT molecular complexity index is 833. The zero-order chi connectivity index (χ0) is 25.3. The molecule has 1 amide bonds. The van der Waals surface area contributed by atoms with E-state index in [1.54, 1.807) is 6.20 Å². The number of aromatic nitrogens is 1. The molecule has 0 unspecified atom stereocenters. The van der Waals surface area contributed by atoms with Gasteiger partial charge in [0, 0.05) is 19.3 Å². The molecule has 4 N–H and O–H groups in total. The van der Waals surface area contributed by atoms with Crippen LogP contribution in [0.1, 0.15) is 100 Å². The fourth-order valence-electron chi connectivity index (χ4n) is 5.28. The number of amides is 1. The Hall–Kier alpha value is -2.24. The van der Waals surface area contributed by atoms with E-state index in [4.69, 9.17) is 5.73 Å². The van der Waals surface area contributed by atoms with E-state index in [1.165, 1.54) is 69.8 Å². The highest BCUT2D eigenvalue weighted by Gasteiger charge is 2.17. The Morgan fingerprint density at radius 3 is 2.42 bits per heavy atom. The lowest BCUT2D eigenvalue weighted by atomic mass is 9.85. The minimum atomic E-state index is -0.240. The molecule has 3 rings (SSSR count). The number of aryl methyl sites for hydroxylation is 1. The summed E-state index contributed by atoms with van der Waals surface area (Å²) in [5.74, 6) is 1.06. The Labute approximate surface area is 219 Å². The summed E-state index contributed by atoms with van der Waals surface area (Å²) in [5.41, 5.74) is 9.13. The summed E-state index contributed by atoms with van der Waals surface area (Å²) in [5, 5.41) is 6.50. The van der Waals surface area contributed by atoms with Crippen molar-refractivity contribution in [3.05, 3.63) is 65.5 Å². The molecule has 0 spiro atoms. The third-order valence-electron chi connectivity index (χ3n) is 7.56. The monoisotopic (exact) mass is 492 g/mol. The van der Waals surface area contributed by atoms with Crippen molar-refractivity contribution < 1.29 is 4.79 Å². The molecular formula is C31H48N4O. The second-order valence-corrected chi connectivity index (χ2v) is 10.5. The highest BCUT2D eigenvalue weighted by Crippen LogP contribution is 2.28. The van der Waals surface area contributed by atoms with Crippen molar-refractivity contribution >= 4 is 5.91 Å². The minimum Gasteiger partial charge on any atom is -0.351 e. The summed E-state index contributed by atoms with van der Waals surface area (Å²) in [7, 11) is 0. The number of hydrogen-bond acceptors (Lipinski definition) is 4. The topological polar surface area (TPSA) is 80.0 Å². The van der Waals surface area contributed by atoms with Crippen LogP contribution in [0.25, 0.3) is 0 Å². The van der Waals surface area contributed by atoms with Crippen molar-refractivity contribution in [3.8, 4) is 0 Å². The second kappa shape index (κ2) is 17.3. The van der Waals surface area contributed by atoms with Gasteiger partial charge in [0.25, 0.3) is 0 Å². The van der Waals surface area contributed by atoms with Gasteiger partial charge in [-0.3, -0.25) is 9.78 Å². The molecular weight excluding hydrogens is 444 g/mol. The first-order chi connectivity index (χ1) is 17.7. The predicted molar refractivity (Wildman–Crippen MR) is 149 cm³/mol. The largest absolute Gasteiger partial charge is 0.351 e. The molecule has 1 saturated carbocycles. The van der Waals surface area contributed by atoms with Gasteiger partial charge in [-0.1, -0.05) is 94.5 Å². The zero-order valence-electron chi connectivity index (χ0n) is 22.2. The molecule has 5 heteroatoms. The van der Waals surface area contributed by atoms with Gasteiger partial charge in [0.2, 0.25) is 5.91 Å². The van der Waals surface area contributed by atoms with Crippen molar-refractivity contribution in [1.82, 2.24) is 15.6 Å². The van der Waals surface area contributed by atoms with Gasteiger partial charge in [0.15, 0.2) is 0 Å². The molecule has 1 aromatic carbocycles. The standard InChI is InChI=1S/C31H48N4O/c32-22-10-8-17-30(34-25-29-16-9-11-23-33-29)31(36)35-24-28-20-18-27(19-21-28)15-5-2-1-4-12-26-13-6-3-7-14-26/h9,11,16,18-21,23,26,30,34H,1-8,10,12-15,17,22,24-25,32H2,(H,35,36)/t30-/m0/s1. The van der Waals surface area contributed by atoms with Crippen LogP contribution in [0.5, 0.6) is 0 Å². The Kier molecular flexibility index (Phi) is 13.6. The number of unbranched alkanes of at least 4 members (excludes halogenated alkanes) is 4. The summed E-state index contributed by atoms with van der Waals surface area (Å²) >= 11 is 0. The molecule has 0 saturated heterocycles.